The van der Waals surface area contributed by atoms with Crippen molar-refractivity contribution in [2.75, 3.05) is 19.8 Å². The Morgan fingerprint density at radius 1 is 0.419 bits per heavy atom. The summed E-state index contributed by atoms with van der Waals surface area (Å²) in [6.07, 6.45) is -23.5. The van der Waals surface area contributed by atoms with Crippen LogP contribution in [-0.4, -0.2) is 176 Å². The minimum atomic E-state index is -2.12. The van der Waals surface area contributed by atoms with Gasteiger partial charge in [0.1, 0.15) is 62.4 Å². The molecule has 0 spiro atoms. The number of aliphatic hydroxyl groups excluding tert-OH is 1. The van der Waals surface area contributed by atoms with Crippen molar-refractivity contribution < 1.29 is 115 Å². The van der Waals surface area contributed by atoms with Crippen LogP contribution in [0.1, 0.15) is 76.1 Å². The average Bonchev–Trinajstić information content (AvgIpc) is 3.32. The number of amides is 2. The summed E-state index contributed by atoms with van der Waals surface area (Å²) in [5.41, 5.74) is -0.0384. The van der Waals surface area contributed by atoms with Gasteiger partial charge in [-0.2, -0.15) is 0 Å². The van der Waals surface area contributed by atoms with E-state index in [0.717, 1.165) is 55.4 Å². The first-order valence-electron chi connectivity index (χ1n) is 23.0. The van der Waals surface area contributed by atoms with E-state index in [4.69, 9.17) is 61.6 Å². The highest BCUT2D eigenvalue weighted by Gasteiger charge is 2.59. The van der Waals surface area contributed by atoms with E-state index in [2.05, 4.69) is 10.6 Å². The molecule has 3 aliphatic heterocycles. The van der Waals surface area contributed by atoms with E-state index in [9.17, 15) is 53.1 Å². The van der Waals surface area contributed by atoms with Crippen molar-refractivity contribution in [3.05, 3.63) is 71.8 Å². The van der Waals surface area contributed by atoms with Crippen molar-refractivity contribution in [3.63, 3.8) is 0 Å². The lowest BCUT2D eigenvalue weighted by Crippen LogP contribution is -2.72. The Kier molecular flexibility index (Phi) is 20.9. The Balaban J connectivity index is 1.71. The molecular formula is C48H58N2O24. The molecule has 0 aliphatic carbocycles. The summed E-state index contributed by atoms with van der Waals surface area (Å²) in [6.45, 7) is 6.15. The van der Waals surface area contributed by atoms with Crippen LogP contribution in [0.25, 0.3) is 0 Å². The third-order valence-electron chi connectivity index (χ3n) is 11.0. The summed E-state index contributed by atoms with van der Waals surface area (Å²) >= 11 is 0. The van der Waals surface area contributed by atoms with Crippen molar-refractivity contribution >= 4 is 59.6 Å². The monoisotopic (exact) mass is 1050 g/mol. The molecule has 0 bridgehead atoms. The molecule has 5 rings (SSSR count). The smallest absolute Gasteiger partial charge is 0.338 e. The summed E-state index contributed by atoms with van der Waals surface area (Å²) in [5, 5.41) is 16.7. The molecule has 74 heavy (non-hydrogen) atoms. The Morgan fingerprint density at radius 2 is 0.770 bits per heavy atom. The SMILES string of the molecule is CC(=O)N[C@H]1[C@H](O[C@H]2[C@H](OC(=O)c3ccccc3)[C@@H](OC(=O)c3ccccc3)[C@@H](O)O[C@@H]2COC(C)=O)O[C@H](COC(C)=O)[C@H](OC(C)=O)[C@@H]1O[C@@H]1O[C@H](COC(C)=O)[C@@H](OC(C)=O)[C@H](OC(C)=O)[C@H]1NC(C)=O. The highest BCUT2D eigenvalue weighted by Crippen LogP contribution is 2.37. The predicted octanol–water partition coefficient (Wildman–Crippen LogP) is -0.131. The van der Waals surface area contributed by atoms with Crippen LogP contribution in [0.15, 0.2) is 60.7 Å². The van der Waals surface area contributed by atoms with Gasteiger partial charge >= 0.3 is 47.8 Å². The van der Waals surface area contributed by atoms with Crippen LogP contribution < -0.4 is 10.6 Å². The molecule has 3 heterocycles. The Morgan fingerprint density at radius 3 is 1.16 bits per heavy atom. The highest BCUT2D eigenvalue weighted by atomic mass is 16.8. The Bertz CT molecular complexity index is 2330. The fourth-order valence-electron chi connectivity index (χ4n) is 8.14. The van der Waals surface area contributed by atoms with Crippen LogP contribution in [0.3, 0.4) is 0 Å². The summed E-state index contributed by atoms with van der Waals surface area (Å²) in [7, 11) is 0. The summed E-state index contributed by atoms with van der Waals surface area (Å²) in [6, 6.07) is 11.5. The average molecular weight is 1050 g/mol. The van der Waals surface area contributed by atoms with E-state index in [1.807, 2.05) is 0 Å². The minimum absolute atomic E-state index is 0.00814. The van der Waals surface area contributed by atoms with Gasteiger partial charge in [-0.1, -0.05) is 36.4 Å². The molecule has 15 atom stereocenters. The lowest BCUT2D eigenvalue weighted by molar-refractivity contribution is -0.356. The maximum atomic E-state index is 14.0. The molecule has 2 aromatic carbocycles. The lowest BCUT2D eigenvalue weighted by atomic mass is 9.93. The van der Waals surface area contributed by atoms with Crippen LogP contribution in [0.5, 0.6) is 0 Å². The van der Waals surface area contributed by atoms with Gasteiger partial charge in [0.15, 0.2) is 49.4 Å². The van der Waals surface area contributed by atoms with Gasteiger partial charge in [0.05, 0.1) is 11.1 Å². The molecule has 2 aromatic rings. The van der Waals surface area contributed by atoms with Gasteiger partial charge in [-0.15, -0.1) is 0 Å². The molecule has 2 amide bonds. The van der Waals surface area contributed by atoms with Crippen LogP contribution >= 0.6 is 0 Å². The van der Waals surface area contributed by atoms with E-state index in [1.165, 1.54) is 48.5 Å². The van der Waals surface area contributed by atoms with Crippen LogP contribution in [0, 0.1) is 0 Å². The number of ether oxygens (including phenoxy) is 13. The topological polar surface area (TPSA) is 335 Å². The first-order valence-corrected chi connectivity index (χ1v) is 23.0. The van der Waals surface area contributed by atoms with Crippen LogP contribution in [0.4, 0.5) is 0 Å². The van der Waals surface area contributed by atoms with E-state index in [1.54, 1.807) is 12.1 Å². The van der Waals surface area contributed by atoms with Crippen molar-refractivity contribution in [2.24, 2.45) is 0 Å². The fraction of sp³-hybridized carbons (Fsp3) is 0.542. The fourth-order valence-corrected chi connectivity index (χ4v) is 8.14. The summed E-state index contributed by atoms with van der Waals surface area (Å²) in [5.74, 6) is -9.10. The number of esters is 8. The van der Waals surface area contributed by atoms with Crippen LogP contribution in [0.2, 0.25) is 0 Å². The number of carbonyl (C=O) groups is 10. The van der Waals surface area contributed by atoms with Gasteiger partial charge in [0, 0.05) is 55.4 Å². The second kappa shape index (κ2) is 26.7. The van der Waals surface area contributed by atoms with Crippen molar-refractivity contribution in [3.8, 4) is 0 Å². The molecule has 26 heteroatoms. The number of hydrogen-bond donors (Lipinski definition) is 3. The van der Waals surface area contributed by atoms with Crippen LogP contribution in [-0.2, 0) is 99.9 Å². The zero-order valence-electron chi connectivity index (χ0n) is 41.4. The first kappa shape index (κ1) is 57.8. The molecule has 404 valence electrons. The second-order valence-electron chi connectivity index (χ2n) is 16.9. The number of carbonyl (C=O) groups excluding carboxylic acids is 10. The molecule has 0 unspecified atom stereocenters. The molecule has 3 aliphatic rings. The number of hydrogen-bond acceptors (Lipinski definition) is 24. The molecule has 0 saturated carbocycles. The number of benzene rings is 2. The normalized spacial score (nSPS) is 29.4. The molecule has 26 nitrogen and oxygen atoms in total. The minimum Gasteiger partial charge on any atom is -0.463 e. The standard InChI is InChI=1S/C48H58N2O24/c1-22(51)49-35-40(67-29(8)58)37(65-27(6)56)33(20-63-25(4)54)70-48(35)74-41-36(50-23(2)52)47(69-34(21-64-26(5)55)38(41)66-28(7)57)73-39-32(19-62-24(3)53)68-46(61)43(72-45(60)31-17-13-10-14-18-31)42(39)71-44(59)30-15-11-9-12-16-30/h9-18,32-43,46-48,61H,19-21H2,1-8H3,(H,49,51)(H,50,52)/t32-,33-,34-,35-,36-,37-,38+,39-,40-,41-,42+,43-,46+,47+,48+/m1/s1. The summed E-state index contributed by atoms with van der Waals surface area (Å²) in [4.78, 5) is 129. The Labute approximate surface area is 423 Å². The Hall–Kier alpha value is -7.10. The van der Waals surface area contributed by atoms with Gasteiger partial charge < -0.3 is 77.3 Å². The van der Waals surface area contributed by atoms with Gasteiger partial charge in [0.2, 0.25) is 11.8 Å². The number of nitrogens with one attached hydrogen (secondary N) is 2. The maximum Gasteiger partial charge on any atom is 0.338 e. The van der Waals surface area contributed by atoms with Gasteiger partial charge in [-0.05, 0) is 24.3 Å². The molecule has 3 saturated heterocycles. The third kappa shape index (κ3) is 16.2. The molecule has 3 N–H and O–H groups in total. The zero-order valence-corrected chi connectivity index (χ0v) is 41.4. The van der Waals surface area contributed by atoms with E-state index in [0.29, 0.717) is 0 Å². The van der Waals surface area contributed by atoms with Crippen molar-refractivity contribution in [2.45, 2.75) is 147 Å². The van der Waals surface area contributed by atoms with E-state index in [-0.39, 0.29) is 11.1 Å². The predicted molar refractivity (Wildman–Crippen MR) is 241 cm³/mol. The summed E-state index contributed by atoms with van der Waals surface area (Å²) < 4.78 is 76.3. The number of aliphatic hydroxyl groups is 1. The molecule has 3 fully saturated rings. The van der Waals surface area contributed by atoms with E-state index >= 15 is 0 Å². The highest BCUT2D eigenvalue weighted by molar-refractivity contribution is 5.90. The third-order valence-corrected chi connectivity index (χ3v) is 11.0. The van der Waals surface area contributed by atoms with Gasteiger partial charge in [-0.3, -0.25) is 38.4 Å². The molecule has 0 aromatic heterocycles. The van der Waals surface area contributed by atoms with Gasteiger partial charge in [-0.25, -0.2) is 9.59 Å². The zero-order chi connectivity index (χ0) is 54.4. The lowest BCUT2D eigenvalue weighted by Gasteiger charge is -2.51. The van der Waals surface area contributed by atoms with Crippen molar-refractivity contribution in [1.29, 1.82) is 0 Å². The second-order valence-corrected chi connectivity index (χ2v) is 16.9. The molecule has 0 radical (unpaired) electrons. The van der Waals surface area contributed by atoms with Crippen molar-refractivity contribution in [1.82, 2.24) is 10.6 Å². The quantitative estimate of drug-likeness (QED) is 0.122. The van der Waals surface area contributed by atoms with E-state index < -0.39 is 171 Å². The maximum absolute atomic E-state index is 14.0. The number of rotatable bonds is 19. The van der Waals surface area contributed by atoms with Gasteiger partial charge in [0.25, 0.3) is 0 Å². The largest absolute Gasteiger partial charge is 0.463 e. The molecular weight excluding hydrogens is 989 g/mol. The first-order chi connectivity index (χ1) is 35.0.